The molecule has 0 aliphatic carbocycles. The fourth-order valence-corrected chi connectivity index (χ4v) is 0.768. The van der Waals surface area contributed by atoms with Gasteiger partial charge in [-0.2, -0.15) is 13.2 Å². The number of benzene rings is 1. The molecule has 0 atom stereocenters. The Morgan fingerprint density at radius 2 is 1.93 bits per heavy atom. The molecule has 76 valence electrons. The van der Waals surface area contributed by atoms with E-state index < -0.39 is 17.9 Å². The number of anilines is 1. The summed E-state index contributed by atoms with van der Waals surface area (Å²) < 4.78 is 47.7. The summed E-state index contributed by atoms with van der Waals surface area (Å²) in [6.45, 7) is 0. The third-order valence-electron chi connectivity index (χ3n) is 1.34. The van der Waals surface area contributed by atoms with E-state index in [1.54, 1.807) is 0 Å². The second-order valence-electron chi connectivity index (χ2n) is 2.46. The number of nitrogens with one attached hydrogen (secondary N) is 1. The van der Waals surface area contributed by atoms with E-state index in [2.05, 4.69) is 0 Å². The molecule has 1 amide bonds. The molecule has 0 saturated carbocycles. The van der Waals surface area contributed by atoms with E-state index in [-0.39, 0.29) is 5.69 Å². The summed E-state index contributed by atoms with van der Waals surface area (Å²) in [5.41, 5.74) is -0.229. The number of alkyl halides is 3. The van der Waals surface area contributed by atoms with Crippen LogP contribution in [-0.4, -0.2) is 12.1 Å². The lowest BCUT2D eigenvalue weighted by Gasteiger charge is -2.07. The van der Waals surface area contributed by atoms with Crippen LogP contribution in [0.3, 0.4) is 0 Å². The van der Waals surface area contributed by atoms with Crippen molar-refractivity contribution in [2.45, 2.75) is 6.18 Å². The molecule has 0 spiro atoms. The topological polar surface area (TPSA) is 29.1 Å². The Hall–Kier alpha value is -1.59. The van der Waals surface area contributed by atoms with Gasteiger partial charge in [0.25, 0.3) is 0 Å². The highest BCUT2D eigenvalue weighted by Crippen LogP contribution is 2.18. The van der Waals surface area contributed by atoms with Crippen molar-refractivity contribution >= 4 is 11.6 Å². The molecule has 0 bridgehead atoms. The predicted molar refractivity (Wildman–Crippen MR) is 41.1 cm³/mol. The molecule has 1 N–H and O–H groups in total. The Labute approximate surface area is 76.5 Å². The van der Waals surface area contributed by atoms with Gasteiger partial charge in [-0.15, -0.1) is 0 Å². The first-order valence-electron chi connectivity index (χ1n) is 3.53. The zero-order valence-corrected chi connectivity index (χ0v) is 6.73. The van der Waals surface area contributed by atoms with Crippen molar-refractivity contribution in [2.75, 3.05) is 5.32 Å². The van der Waals surface area contributed by atoms with Crippen LogP contribution in [0.15, 0.2) is 24.3 Å². The molecule has 0 aliphatic heterocycles. The summed E-state index contributed by atoms with van der Waals surface area (Å²) in [4.78, 5) is 10.4. The molecule has 1 aromatic rings. The van der Waals surface area contributed by atoms with Crippen LogP contribution in [0.1, 0.15) is 0 Å². The van der Waals surface area contributed by atoms with Crippen LogP contribution >= 0.6 is 0 Å². The lowest BCUT2D eigenvalue weighted by Crippen LogP contribution is -2.29. The van der Waals surface area contributed by atoms with E-state index in [1.165, 1.54) is 11.4 Å². The molecule has 14 heavy (non-hydrogen) atoms. The second kappa shape index (κ2) is 3.65. The van der Waals surface area contributed by atoms with Crippen molar-refractivity contribution in [2.24, 2.45) is 0 Å². The Balaban J connectivity index is 2.75. The fraction of sp³-hybridized carbons (Fsp3) is 0.125. The standard InChI is InChI=1S/C8H5F4NO/c9-5-2-1-3-6(4-5)13-7(14)8(10,11)12/h1-4H,(H,13,14). The maximum atomic E-state index is 12.5. The highest BCUT2D eigenvalue weighted by Gasteiger charge is 2.38. The van der Waals surface area contributed by atoms with Gasteiger partial charge >= 0.3 is 12.1 Å². The number of hydrogen-bond acceptors (Lipinski definition) is 1. The average molecular weight is 207 g/mol. The van der Waals surface area contributed by atoms with Crippen molar-refractivity contribution in [3.05, 3.63) is 30.1 Å². The Morgan fingerprint density at radius 1 is 1.29 bits per heavy atom. The van der Waals surface area contributed by atoms with E-state index in [1.807, 2.05) is 0 Å². The van der Waals surface area contributed by atoms with E-state index in [9.17, 15) is 22.4 Å². The molecule has 0 fully saturated rings. The van der Waals surface area contributed by atoms with Gasteiger partial charge in [-0.05, 0) is 18.2 Å². The summed E-state index contributed by atoms with van der Waals surface area (Å²) in [6.07, 6.45) is -4.97. The van der Waals surface area contributed by atoms with Crippen LogP contribution in [-0.2, 0) is 4.79 Å². The van der Waals surface area contributed by atoms with Crippen LogP contribution in [0.4, 0.5) is 23.2 Å². The van der Waals surface area contributed by atoms with Crippen LogP contribution in [0.5, 0.6) is 0 Å². The normalized spacial score (nSPS) is 11.1. The number of rotatable bonds is 1. The zero-order valence-electron chi connectivity index (χ0n) is 6.73. The highest BCUT2D eigenvalue weighted by atomic mass is 19.4. The molecular weight excluding hydrogens is 202 g/mol. The second-order valence-corrected chi connectivity index (χ2v) is 2.46. The van der Waals surface area contributed by atoms with Crippen molar-refractivity contribution in [3.63, 3.8) is 0 Å². The molecule has 1 aromatic carbocycles. The number of halogens is 4. The summed E-state index contributed by atoms with van der Waals surface area (Å²) in [5, 5.41) is 1.52. The lowest BCUT2D eigenvalue weighted by atomic mass is 10.3. The van der Waals surface area contributed by atoms with Crippen molar-refractivity contribution in [1.82, 2.24) is 0 Å². The SMILES string of the molecule is O=C(Nc1cccc(F)c1)C(F)(F)F. The van der Waals surface area contributed by atoms with Crippen LogP contribution in [0.25, 0.3) is 0 Å². The predicted octanol–water partition coefficient (Wildman–Crippen LogP) is 2.33. The van der Waals surface area contributed by atoms with E-state index in [4.69, 9.17) is 0 Å². The first-order valence-corrected chi connectivity index (χ1v) is 3.53. The first-order chi connectivity index (χ1) is 6.39. The molecule has 0 radical (unpaired) electrons. The van der Waals surface area contributed by atoms with Crippen LogP contribution < -0.4 is 5.32 Å². The third kappa shape index (κ3) is 2.72. The van der Waals surface area contributed by atoms with Gasteiger partial charge < -0.3 is 5.32 Å². The molecule has 1 rings (SSSR count). The minimum Gasteiger partial charge on any atom is -0.318 e. The Morgan fingerprint density at radius 3 is 2.43 bits per heavy atom. The van der Waals surface area contributed by atoms with E-state index in [0.29, 0.717) is 0 Å². The maximum Gasteiger partial charge on any atom is 0.471 e. The molecular formula is C8H5F4NO. The average Bonchev–Trinajstić information content (AvgIpc) is 2.02. The van der Waals surface area contributed by atoms with Gasteiger partial charge in [0.2, 0.25) is 0 Å². The van der Waals surface area contributed by atoms with Gasteiger partial charge in [-0.1, -0.05) is 6.07 Å². The highest BCUT2D eigenvalue weighted by molar-refractivity contribution is 5.94. The van der Waals surface area contributed by atoms with E-state index >= 15 is 0 Å². The lowest BCUT2D eigenvalue weighted by molar-refractivity contribution is -0.167. The molecule has 0 aliphatic rings. The summed E-state index contributed by atoms with van der Waals surface area (Å²) >= 11 is 0. The van der Waals surface area contributed by atoms with E-state index in [0.717, 1.165) is 18.2 Å². The van der Waals surface area contributed by atoms with Crippen LogP contribution in [0, 0.1) is 5.82 Å². The number of amides is 1. The first kappa shape index (κ1) is 10.5. The molecule has 0 aromatic heterocycles. The van der Waals surface area contributed by atoms with Gasteiger partial charge in [0.1, 0.15) is 5.82 Å². The number of hydrogen-bond donors (Lipinski definition) is 1. The third-order valence-corrected chi connectivity index (χ3v) is 1.34. The Kier molecular flexibility index (Phi) is 2.73. The van der Waals surface area contributed by atoms with Crippen molar-refractivity contribution in [1.29, 1.82) is 0 Å². The van der Waals surface area contributed by atoms with Gasteiger partial charge in [-0.3, -0.25) is 4.79 Å². The van der Waals surface area contributed by atoms with Crippen LogP contribution in [0.2, 0.25) is 0 Å². The summed E-state index contributed by atoms with van der Waals surface area (Å²) in [6, 6.07) is 4.21. The largest absolute Gasteiger partial charge is 0.471 e. The van der Waals surface area contributed by atoms with Gasteiger partial charge in [-0.25, -0.2) is 4.39 Å². The quantitative estimate of drug-likeness (QED) is 0.703. The summed E-state index contributed by atoms with van der Waals surface area (Å²) in [7, 11) is 0. The molecule has 6 heteroatoms. The summed E-state index contributed by atoms with van der Waals surface area (Å²) in [5.74, 6) is -2.84. The molecule has 0 saturated heterocycles. The van der Waals surface area contributed by atoms with Gasteiger partial charge in [0.05, 0.1) is 0 Å². The molecule has 2 nitrogen and oxygen atoms in total. The number of carbonyl (C=O) groups excluding carboxylic acids is 1. The maximum absolute atomic E-state index is 12.5. The Bertz CT molecular complexity index is 347. The van der Waals surface area contributed by atoms with Gasteiger partial charge in [0.15, 0.2) is 0 Å². The van der Waals surface area contributed by atoms with Gasteiger partial charge in [0, 0.05) is 5.69 Å². The molecule has 0 heterocycles. The zero-order chi connectivity index (χ0) is 10.8. The molecule has 0 unspecified atom stereocenters. The monoisotopic (exact) mass is 207 g/mol. The van der Waals surface area contributed by atoms with Crippen molar-refractivity contribution in [3.8, 4) is 0 Å². The number of carbonyl (C=O) groups is 1. The van der Waals surface area contributed by atoms with Crippen molar-refractivity contribution < 1.29 is 22.4 Å². The minimum absolute atomic E-state index is 0.229. The fourth-order valence-electron chi connectivity index (χ4n) is 0.768. The minimum atomic E-state index is -4.97. The smallest absolute Gasteiger partial charge is 0.318 e.